The quantitative estimate of drug-likeness (QED) is 0.220. The number of halogens is 1. The molecule has 1 aromatic heterocycles. The van der Waals surface area contributed by atoms with Gasteiger partial charge in [0.15, 0.2) is 0 Å². The van der Waals surface area contributed by atoms with Crippen LogP contribution in [0.2, 0.25) is 5.02 Å². The number of rotatable bonds is 4. The van der Waals surface area contributed by atoms with E-state index in [-0.39, 0.29) is 27.4 Å². The summed E-state index contributed by atoms with van der Waals surface area (Å²) in [4.78, 5) is 0. The molecule has 0 amide bonds. The highest BCUT2D eigenvalue weighted by Crippen LogP contribution is 2.50. The lowest BCUT2D eigenvalue weighted by molar-refractivity contribution is 0.284. The minimum Gasteiger partial charge on any atom is -0.505 e. The molecule has 0 aliphatic carbocycles. The summed E-state index contributed by atoms with van der Waals surface area (Å²) in [7, 11) is 0. The van der Waals surface area contributed by atoms with Gasteiger partial charge in [-0.2, -0.15) is 0 Å². The van der Waals surface area contributed by atoms with Crippen molar-refractivity contribution in [2.75, 3.05) is 0 Å². The highest BCUT2D eigenvalue weighted by Gasteiger charge is 2.33. The second-order valence-corrected chi connectivity index (χ2v) is 16.6. The number of nitrogens with zero attached hydrogens (tertiary/aromatic N) is 1. The Balaban J connectivity index is 1.95. The van der Waals surface area contributed by atoms with Crippen LogP contribution in [0, 0.1) is 5.41 Å². The molecule has 0 unspecified atom stereocenters. The Labute approximate surface area is 263 Å². The summed E-state index contributed by atoms with van der Waals surface area (Å²) in [6.45, 7) is 24.9. The van der Waals surface area contributed by atoms with E-state index in [2.05, 4.69) is 135 Å². The molecule has 1 N–H and O–H groups in total. The van der Waals surface area contributed by atoms with Gasteiger partial charge in [0.05, 0.1) is 16.1 Å². The van der Waals surface area contributed by atoms with Crippen molar-refractivity contribution in [3.63, 3.8) is 0 Å². The van der Waals surface area contributed by atoms with Gasteiger partial charge < -0.3 is 9.67 Å². The number of aromatic nitrogens is 1. The first-order chi connectivity index (χ1) is 19.8. The van der Waals surface area contributed by atoms with E-state index < -0.39 is 0 Å². The van der Waals surface area contributed by atoms with Crippen LogP contribution in [-0.4, -0.2) is 9.67 Å². The highest BCUT2D eigenvalue weighted by molar-refractivity contribution is 6.34. The lowest BCUT2D eigenvalue weighted by Gasteiger charge is -2.35. The largest absolute Gasteiger partial charge is 0.505 e. The zero-order valence-electron chi connectivity index (χ0n) is 27.9. The molecule has 0 aliphatic rings. The Morgan fingerprint density at radius 2 is 1.14 bits per heavy atom. The normalized spacial score (nSPS) is 13.3. The van der Waals surface area contributed by atoms with Crippen LogP contribution in [0.1, 0.15) is 99.3 Å². The molecule has 43 heavy (non-hydrogen) atoms. The Morgan fingerprint density at radius 3 is 1.58 bits per heavy atom. The molecular weight excluding hydrogens is 546 g/mol. The van der Waals surface area contributed by atoms with Gasteiger partial charge in [-0.1, -0.05) is 130 Å². The van der Waals surface area contributed by atoms with Crippen LogP contribution in [-0.2, 0) is 16.2 Å². The molecule has 0 spiro atoms. The molecule has 0 fully saturated rings. The van der Waals surface area contributed by atoms with Gasteiger partial charge in [-0.3, -0.25) is 0 Å². The zero-order valence-corrected chi connectivity index (χ0v) is 28.7. The highest BCUT2D eigenvalue weighted by atomic mass is 35.5. The molecule has 2 nitrogen and oxygen atoms in total. The Kier molecular flexibility index (Phi) is 7.58. The summed E-state index contributed by atoms with van der Waals surface area (Å²) < 4.78 is 2.20. The standard InChI is InChI=1S/C40H48ClNO/c1-37(2,3)24-40(10,11)31-23-28(25-15-13-12-14-16-25)36(43)35(34(31)41)42-32-19-17-26(38(4,5)6)21-29(32)30-22-27(39(7,8)9)18-20-33(30)42/h12-23,43H,24H2,1-11H3. The first-order valence-electron chi connectivity index (χ1n) is 15.5. The number of benzene rings is 4. The van der Waals surface area contributed by atoms with Gasteiger partial charge in [-0.15, -0.1) is 0 Å². The average molecular weight is 594 g/mol. The Hall–Kier alpha value is -3.23. The van der Waals surface area contributed by atoms with Gasteiger partial charge in [-0.05, 0) is 80.7 Å². The van der Waals surface area contributed by atoms with Gasteiger partial charge in [-0.25, -0.2) is 0 Å². The topological polar surface area (TPSA) is 25.2 Å². The molecule has 226 valence electrons. The van der Waals surface area contributed by atoms with Crippen LogP contribution >= 0.6 is 11.6 Å². The van der Waals surface area contributed by atoms with Crippen molar-refractivity contribution in [1.82, 2.24) is 4.57 Å². The molecule has 0 saturated carbocycles. The number of aromatic hydroxyl groups is 1. The molecular formula is C40H48ClNO. The maximum absolute atomic E-state index is 12.2. The average Bonchev–Trinajstić information content (AvgIpc) is 3.20. The summed E-state index contributed by atoms with van der Waals surface area (Å²) in [5.74, 6) is 0.199. The van der Waals surface area contributed by atoms with Gasteiger partial charge in [0.25, 0.3) is 0 Å². The summed E-state index contributed by atoms with van der Waals surface area (Å²) in [5, 5.41) is 15.1. The number of phenolic OH excluding ortho intramolecular Hbond substituents is 1. The van der Waals surface area contributed by atoms with Crippen LogP contribution in [0.3, 0.4) is 0 Å². The Bertz CT molecular complexity index is 1750. The second-order valence-electron chi connectivity index (χ2n) is 16.3. The number of hydrogen-bond acceptors (Lipinski definition) is 1. The van der Waals surface area contributed by atoms with Crippen molar-refractivity contribution in [3.8, 4) is 22.6 Å². The lowest BCUT2D eigenvalue weighted by atomic mass is 9.71. The second kappa shape index (κ2) is 10.4. The first-order valence-corrected chi connectivity index (χ1v) is 15.9. The fraction of sp³-hybridized carbons (Fsp3) is 0.400. The van der Waals surface area contributed by atoms with Gasteiger partial charge in [0.2, 0.25) is 0 Å². The van der Waals surface area contributed by atoms with E-state index in [0.29, 0.717) is 10.7 Å². The minimum atomic E-state index is -0.237. The molecule has 1 heterocycles. The molecule has 0 bridgehead atoms. The van der Waals surface area contributed by atoms with Gasteiger partial charge in [0.1, 0.15) is 11.4 Å². The van der Waals surface area contributed by atoms with Crippen LogP contribution in [0.25, 0.3) is 38.6 Å². The molecule has 0 aliphatic heterocycles. The summed E-state index contributed by atoms with van der Waals surface area (Å²) >= 11 is 7.51. The fourth-order valence-corrected chi connectivity index (χ4v) is 7.27. The van der Waals surface area contributed by atoms with Crippen molar-refractivity contribution in [3.05, 3.63) is 94.5 Å². The summed E-state index contributed by atoms with van der Waals surface area (Å²) in [5.41, 5.74) is 7.95. The molecule has 3 heteroatoms. The predicted octanol–water partition coefficient (Wildman–Crippen LogP) is 12.1. The molecule has 0 radical (unpaired) electrons. The van der Waals surface area contributed by atoms with Gasteiger partial charge in [0, 0.05) is 16.3 Å². The van der Waals surface area contributed by atoms with Gasteiger partial charge >= 0.3 is 0 Å². The van der Waals surface area contributed by atoms with Crippen molar-refractivity contribution in [2.45, 2.75) is 98.8 Å². The van der Waals surface area contributed by atoms with Crippen LogP contribution in [0.15, 0.2) is 72.8 Å². The smallest absolute Gasteiger partial charge is 0.148 e. The van der Waals surface area contributed by atoms with E-state index in [9.17, 15) is 5.11 Å². The molecule has 5 rings (SSSR count). The third-order valence-corrected chi connectivity index (χ3v) is 9.10. The molecule has 0 atom stereocenters. The third kappa shape index (κ3) is 5.84. The van der Waals surface area contributed by atoms with Crippen molar-refractivity contribution in [2.24, 2.45) is 5.41 Å². The van der Waals surface area contributed by atoms with E-state index >= 15 is 0 Å². The van der Waals surface area contributed by atoms with E-state index in [1.165, 1.54) is 21.9 Å². The van der Waals surface area contributed by atoms with Crippen LogP contribution in [0.5, 0.6) is 5.75 Å². The molecule has 0 saturated heterocycles. The summed E-state index contributed by atoms with van der Waals surface area (Å²) in [6.07, 6.45) is 0.940. The number of phenols is 1. The first kappa shape index (κ1) is 31.2. The summed E-state index contributed by atoms with van der Waals surface area (Å²) in [6, 6.07) is 25.8. The Morgan fingerprint density at radius 1 is 0.651 bits per heavy atom. The SMILES string of the molecule is CC(C)(C)CC(C)(C)c1cc(-c2ccccc2)c(O)c(-n2c3ccc(C(C)(C)C)cc3c3cc(C(C)(C)C)ccc32)c1Cl. The molecule has 4 aromatic carbocycles. The van der Waals surface area contributed by atoms with E-state index in [0.717, 1.165) is 34.1 Å². The van der Waals surface area contributed by atoms with Crippen molar-refractivity contribution >= 4 is 33.4 Å². The maximum atomic E-state index is 12.2. The number of hydrogen-bond donors (Lipinski definition) is 1. The van der Waals surface area contributed by atoms with Crippen molar-refractivity contribution < 1.29 is 5.11 Å². The van der Waals surface area contributed by atoms with E-state index in [1.54, 1.807) is 0 Å². The van der Waals surface area contributed by atoms with Crippen molar-refractivity contribution in [1.29, 1.82) is 0 Å². The fourth-order valence-electron chi connectivity index (χ4n) is 6.79. The predicted molar refractivity (Wildman–Crippen MR) is 187 cm³/mol. The van der Waals surface area contributed by atoms with E-state index in [1.807, 2.05) is 18.2 Å². The van der Waals surface area contributed by atoms with Crippen LogP contribution < -0.4 is 0 Å². The molecule has 5 aromatic rings. The minimum absolute atomic E-state index is 0.00140. The van der Waals surface area contributed by atoms with Crippen LogP contribution in [0.4, 0.5) is 0 Å². The number of fused-ring (bicyclic) bond motifs is 3. The lowest BCUT2D eigenvalue weighted by Crippen LogP contribution is -2.25. The maximum Gasteiger partial charge on any atom is 0.148 e. The third-order valence-electron chi connectivity index (χ3n) is 8.72. The van der Waals surface area contributed by atoms with E-state index in [4.69, 9.17) is 11.6 Å². The zero-order chi connectivity index (χ0) is 31.7. The monoisotopic (exact) mass is 593 g/mol.